The van der Waals surface area contributed by atoms with Gasteiger partial charge in [0.05, 0.1) is 15.1 Å². The standard InChI is InChI=1S/C15H20N2O3S2/c1-11(2)17-13-7-6-12(10-14(13)21-15(17)18)22(19,20)16-8-4-3-5-9-16/h6-7,10-11H,3-5,8-9H2,1-2H3. The Morgan fingerprint density at radius 3 is 2.45 bits per heavy atom. The van der Waals surface area contributed by atoms with Gasteiger partial charge < -0.3 is 0 Å². The van der Waals surface area contributed by atoms with Gasteiger partial charge in [-0.15, -0.1) is 0 Å². The van der Waals surface area contributed by atoms with Gasteiger partial charge >= 0.3 is 4.87 Å². The van der Waals surface area contributed by atoms with Crippen molar-refractivity contribution in [1.29, 1.82) is 0 Å². The van der Waals surface area contributed by atoms with Crippen LogP contribution < -0.4 is 4.87 Å². The van der Waals surface area contributed by atoms with Gasteiger partial charge in [-0.1, -0.05) is 17.8 Å². The average Bonchev–Trinajstić information content (AvgIpc) is 2.83. The van der Waals surface area contributed by atoms with Crippen LogP contribution in [-0.2, 0) is 10.0 Å². The first-order valence-electron chi connectivity index (χ1n) is 7.56. The molecule has 1 aromatic heterocycles. The van der Waals surface area contributed by atoms with Crippen LogP contribution in [0, 0.1) is 0 Å². The van der Waals surface area contributed by atoms with Crippen LogP contribution in [0.5, 0.6) is 0 Å². The van der Waals surface area contributed by atoms with Crippen LogP contribution in [0.15, 0.2) is 27.9 Å². The van der Waals surface area contributed by atoms with E-state index >= 15 is 0 Å². The highest BCUT2D eigenvalue weighted by molar-refractivity contribution is 7.89. The number of fused-ring (bicyclic) bond motifs is 1. The zero-order valence-corrected chi connectivity index (χ0v) is 14.4. The van der Waals surface area contributed by atoms with Crippen molar-refractivity contribution in [3.05, 3.63) is 27.9 Å². The van der Waals surface area contributed by atoms with E-state index < -0.39 is 10.0 Å². The maximum absolute atomic E-state index is 12.7. The smallest absolute Gasteiger partial charge is 0.296 e. The van der Waals surface area contributed by atoms with E-state index in [4.69, 9.17) is 0 Å². The van der Waals surface area contributed by atoms with Gasteiger partial charge in [0.2, 0.25) is 10.0 Å². The van der Waals surface area contributed by atoms with Crippen molar-refractivity contribution < 1.29 is 8.42 Å². The molecule has 7 heteroatoms. The topological polar surface area (TPSA) is 59.4 Å². The fourth-order valence-electron chi connectivity index (χ4n) is 2.92. The van der Waals surface area contributed by atoms with Gasteiger partial charge in [0.1, 0.15) is 0 Å². The molecule has 1 aliphatic heterocycles. The molecule has 22 heavy (non-hydrogen) atoms. The molecular formula is C15H20N2O3S2. The third-order valence-electron chi connectivity index (χ3n) is 4.05. The molecule has 0 unspecified atom stereocenters. The summed E-state index contributed by atoms with van der Waals surface area (Å²) in [7, 11) is -3.45. The van der Waals surface area contributed by atoms with Crippen LogP contribution in [0.25, 0.3) is 10.2 Å². The first-order chi connectivity index (χ1) is 10.4. The molecule has 120 valence electrons. The van der Waals surface area contributed by atoms with Crippen LogP contribution in [0.4, 0.5) is 0 Å². The third-order valence-corrected chi connectivity index (χ3v) is 6.87. The van der Waals surface area contributed by atoms with Crippen LogP contribution in [0.3, 0.4) is 0 Å². The van der Waals surface area contributed by atoms with E-state index in [1.54, 1.807) is 27.1 Å². The summed E-state index contributed by atoms with van der Waals surface area (Å²) in [4.78, 5) is 12.3. The summed E-state index contributed by atoms with van der Waals surface area (Å²) in [5, 5.41) is 0. The van der Waals surface area contributed by atoms with Crippen LogP contribution >= 0.6 is 11.3 Å². The highest BCUT2D eigenvalue weighted by Crippen LogP contribution is 2.27. The first kappa shape index (κ1) is 15.7. The molecule has 2 aromatic rings. The largest absolute Gasteiger partial charge is 0.308 e. The maximum Gasteiger partial charge on any atom is 0.308 e. The highest BCUT2D eigenvalue weighted by atomic mass is 32.2. The van der Waals surface area contributed by atoms with Crippen molar-refractivity contribution >= 4 is 31.6 Å². The molecule has 0 saturated carbocycles. The molecule has 3 rings (SSSR count). The third kappa shape index (κ3) is 2.61. The summed E-state index contributed by atoms with van der Waals surface area (Å²) in [6, 6.07) is 5.08. The molecule has 1 aliphatic rings. The lowest BCUT2D eigenvalue weighted by atomic mass is 10.2. The lowest BCUT2D eigenvalue weighted by Crippen LogP contribution is -2.35. The van der Waals surface area contributed by atoms with Crippen LogP contribution in [0.2, 0.25) is 0 Å². The maximum atomic E-state index is 12.7. The van der Waals surface area contributed by atoms with Crippen molar-refractivity contribution in [1.82, 2.24) is 8.87 Å². The minimum absolute atomic E-state index is 0.0440. The minimum Gasteiger partial charge on any atom is -0.296 e. The van der Waals surface area contributed by atoms with E-state index in [-0.39, 0.29) is 10.9 Å². The molecule has 2 heterocycles. The second-order valence-electron chi connectivity index (χ2n) is 5.93. The van der Waals surface area contributed by atoms with Gasteiger partial charge in [0.25, 0.3) is 0 Å². The Morgan fingerprint density at radius 1 is 1.14 bits per heavy atom. The molecule has 0 radical (unpaired) electrons. The Kier molecular flexibility index (Phi) is 4.13. The Balaban J connectivity index is 2.07. The summed E-state index contributed by atoms with van der Waals surface area (Å²) in [6.07, 6.45) is 2.92. The Hall–Kier alpha value is -1.18. The van der Waals surface area contributed by atoms with Crippen molar-refractivity contribution in [2.45, 2.75) is 44.0 Å². The second kappa shape index (κ2) is 5.79. The Bertz CT molecular complexity index is 843. The van der Waals surface area contributed by atoms with E-state index in [1.807, 2.05) is 13.8 Å². The molecule has 0 N–H and O–H groups in total. The second-order valence-corrected chi connectivity index (χ2v) is 8.86. The van der Waals surface area contributed by atoms with Gasteiger partial charge in [-0.3, -0.25) is 9.36 Å². The van der Waals surface area contributed by atoms with E-state index in [2.05, 4.69) is 0 Å². The summed E-state index contributed by atoms with van der Waals surface area (Å²) in [6.45, 7) is 5.07. The number of hydrogen-bond donors (Lipinski definition) is 0. The fourth-order valence-corrected chi connectivity index (χ4v) is 5.59. The van der Waals surface area contributed by atoms with Crippen molar-refractivity contribution in [3.63, 3.8) is 0 Å². The fraction of sp³-hybridized carbons (Fsp3) is 0.533. The lowest BCUT2D eigenvalue weighted by molar-refractivity contribution is 0.346. The summed E-state index contributed by atoms with van der Waals surface area (Å²) < 4.78 is 29.4. The van der Waals surface area contributed by atoms with Gasteiger partial charge in [-0.25, -0.2) is 8.42 Å². The molecular weight excluding hydrogens is 320 g/mol. The molecule has 0 aliphatic carbocycles. The van der Waals surface area contributed by atoms with E-state index in [9.17, 15) is 13.2 Å². The normalized spacial score (nSPS) is 17.4. The predicted molar refractivity (Wildman–Crippen MR) is 89.1 cm³/mol. The monoisotopic (exact) mass is 340 g/mol. The number of benzene rings is 1. The lowest BCUT2D eigenvalue weighted by Gasteiger charge is -2.25. The van der Waals surface area contributed by atoms with Crippen molar-refractivity contribution in [3.8, 4) is 0 Å². The summed E-state index contributed by atoms with van der Waals surface area (Å²) >= 11 is 1.11. The van der Waals surface area contributed by atoms with Gasteiger partial charge in [0.15, 0.2) is 0 Å². The number of aromatic nitrogens is 1. The quantitative estimate of drug-likeness (QED) is 0.863. The number of piperidine rings is 1. The molecule has 1 aromatic carbocycles. The first-order valence-corrected chi connectivity index (χ1v) is 9.82. The van der Waals surface area contributed by atoms with Gasteiger partial charge in [-0.2, -0.15) is 4.31 Å². The number of rotatable bonds is 3. The van der Waals surface area contributed by atoms with Gasteiger partial charge in [-0.05, 0) is 44.9 Å². The highest BCUT2D eigenvalue weighted by Gasteiger charge is 2.26. The van der Waals surface area contributed by atoms with E-state index in [1.165, 1.54) is 0 Å². The number of thiazole rings is 1. The number of nitrogens with zero attached hydrogens (tertiary/aromatic N) is 2. The molecule has 5 nitrogen and oxygen atoms in total. The zero-order valence-electron chi connectivity index (χ0n) is 12.8. The number of hydrogen-bond acceptors (Lipinski definition) is 4. The molecule has 1 saturated heterocycles. The number of sulfonamides is 1. The zero-order chi connectivity index (χ0) is 15.9. The van der Waals surface area contributed by atoms with E-state index in [0.29, 0.717) is 18.0 Å². The van der Waals surface area contributed by atoms with Crippen molar-refractivity contribution in [2.75, 3.05) is 13.1 Å². The van der Waals surface area contributed by atoms with Gasteiger partial charge in [0, 0.05) is 19.1 Å². The molecule has 0 bridgehead atoms. The van der Waals surface area contributed by atoms with E-state index in [0.717, 1.165) is 40.8 Å². The summed E-state index contributed by atoms with van der Waals surface area (Å²) in [5.41, 5.74) is 0.808. The van der Waals surface area contributed by atoms with Crippen LogP contribution in [0.1, 0.15) is 39.2 Å². The molecule has 1 fully saturated rings. The summed E-state index contributed by atoms with van der Waals surface area (Å²) in [5.74, 6) is 0. The predicted octanol–water partition coefficient (Wildman–Crippen LogP) is 2.82. The molecule has 0 amide bonds. The average molecular weight is 340 g/mol. The van der Waals surface area contributed by atoms with Crippen LogP contribution in [-0.4, -0.2) is 30.4 Å². The Morgan fingerprint density at radius 2 is 1.82 bits per heavy atom. The van der Waals surface area contributed by atoms with Crippen molar-refractivity contribution in [2.24, 2.45) is 0 Å². The SMILES string of the molecule is CC(C)n1c(=O)sc2cc(S(=O)(=O)N3CCCCC3)ccc21. The Labute approximate surface area is 134 Å². The molecule has 0 atom stereocenters. The molecule has 0 spiro atoms. The minimum atomic E-state index is -3.45.